The molecule has 0 unspecified atom stereocenters. The molecule has 0 saturated carbocycles. The number of nitrogens with one attached hydrogen (secondary N) is 1. The number of carbonyl (C=O) groups is 1. The summed E-state index contributed by atoms with van der Waals surface area (Å²) >= 11 is 0. The van der Waals surface area contributed by atoms with Crippen LogP contribution in [0.2, 0.25) is 0 Å². The fourth-order valence-electron chi connectivity index (χ4n) is 2.90. The summed E-state index contributed by atoms with van der Waals surface area (Å²) in [5.74, 6) is 0.218. The molecule has 140 valence electrons. The van der Waals surface area contributed by atoms with E-state index in [9.17, 15) is 4.79 Å². The number of amides is 1. The van der Waals surface area contributed by atoms with Crippen molar-refractivity contribution in [2.45, 2.75) is 6.92 Å². The van der Waals surface area contributed by atoms with Crippen molar-refractivity contribution in [2.75, 3.05) is 12.4 Å². The first-order valence-electron chi connectivity index (χ1n) is 8.63. The normalized spacial score (nSPS) is 10.6. The third-order valence-corrected chi connectivity index (χ3v) is 4.29. The summed E-state index contributed by atoms with van der Waals surface area (Å²) in [5, 5.41) is 11.1. The van der Waals surface area contributed by atoms with Crippen molar-refractivity contribution >= 4 is 11.6 Å². The Labute approximate surface area is 161 Å². The number of rotatable bonds is 5. The molecular formula is C20H18N6O2. The van der Waals surface area contributed by atoms with Gasteiger partial charge in [-0.2, -0.15) is 0 Å². The van der Waals surface area contributed by atoms with Crippen LogP contribution in [0.15, 0.2) is 67.3 Å². The van der Waals surface area contributed by atoms with Gasteiger partial charge in [0, 0.05) is 18.5 Å². The van der Waals surface area contributed by atoms with Gasteiger partial charge >= 0.3 is 0 Å². The molecule has 0 saturated heterocycles. The van der Waals surface area contributed by atoms with Crippen molar-refractivity contribution in [3.8, 4) is 17.1 Å². The minimum Gasteiger partial charge on any atom is -0.494 e. The number of aromatic nitrogens is 5. The van der Waals surface area contributed by atoms with Gasteiger partial charge in [-0.15, -0.1) is 5.10 Å². The number of benzene rings is 2. The molecule has 2 aromatic carbocycles. The standard InChI is InChI=1S/C20H18N6O2/c1-14-19(26(24-23-14)15-6-4-3-5-7-15)20(27)22-17-9-8-16(12-18(17)28-2)25-11-10-21-13-25/h3-13H,1-2H3,(H,22,27). The predicted molar refractivity (Wildman–Crippen MR) is 104 cm³/mol. The summed E-state index contributed by atoms with van der Waals surface area (Å²) in [6, 6.07) is 14.9. The van der Waals surface area contributed by atoms with Gasteiger partial charge in [0.2, 0.25) is 0 Å². The third kappa shape index (κ3) is 3.23. The highest BCUT2D eigenvalue weighted by atomic mass is 16.5. The van der Waals surface area contributed by atoms with E-state index in [4.69, 9.17) is 4.74 Å². The Balaban J connectivity index is 1.65. The van der Waals surface area contributed by atoms with Crippen LogP contribution in [0.4, 0.5) is 5.69 Å². The van der Waals surface area contributed by atoms with Crippen LogP contribution < -0.4 is 10.1 Å². The Morgan fingerprint density at radius 3 is 2.64 bits per heavy atom. The van der Waals surface area contributed by atoms with Gasteiger partial charge in [-0.1, -0.05) is 23.4 Å². The predicted octanol–water partition coefficient (Wildman–Crippen LogP) is 3.02. The van der Waals surface area contributed by atoms with Crippen molar-refractivity contribution in [3.63, 3.8) is 0 Å². The molecule has 1 N–H and O–H groups in total. The summed E-state index contributed by atoms with van der Waals surface area (Å²) < 4.78 is 8.84. The number of imidazole rings is 1. The Morgan fingerprint density at radius 2 is 1.93 bits per heavy atom. The molecule has 8 nitrogen and oxygen atoms in total. The number of ether oxygens (including phenoxy) is 1. The molecule has 4 rings (SSSR count). The number of hydrogen-bond donors (Lipinski definition) is 1. The van der Waals surface area contributed by atoms with E-state index in [1.807, 2.05) is 53.2 Å². The van der Waals surface area contributed by atoms with E-state index < -0.39 is 0 Å². The van der Waals surface area contributed by atoms with Crippen LogP contribution >= 0.6 is 0 Å². The molecule has 0 radical (unpaired) electrons. The number of hydrogen-bond acceptors (Lipinski definition) is 5. The van der Waals surface area contributed by atoms with Crippen LogP contribution in [0.3, 0.4) is 0 Å². The molecule has 0 bridgehead atoms. The Morgan fingerprint density at radius 1 is 1.11 bits per heavy atom. The Hall–Kier alpha value is -3.94. The summed E-state index contributed by atoms with van der Waals surface area (Å²) in [5.41, 5.74) is 3.09. The molecule has 0 atom stereocenters. The van der Waals surface area contributed by atoms with Crippen LogP contribution in [-0.2, 0) is 0 Å². The summed E-state index contributed by atoms with van der Waals surface area (Å²) in [7, 11) is 1.56. The second-order valence-corrected chi connectivity index (χ2v) is 6.08. The zero-order chi connectivity index (χ0) is 19.5. The molecule has 0 spiro atoms. The number of anilines is 1. The lowest BCUT2D eigenvalue weighted by Crippen LogP contribution is -2.18. The molecule has 28 heavy (non-hydrogen) atoms. The van der Waals surface area contributed by atoms with E-state index in [-0.39, 0.29) is 5.91 Å². The van der Waals surface area contributed by atoms with Gasteiger partial charge in [-0.3, -0.25) is 4.79 Å². The Kier molecular flexibility index (Phi) is 4.59. The monoisotopic (exact) mass is 374 g/mol. The van der Waals surface area contributed by atoms with Gasteiger partial charge < -0.3 is 14.6 Å². The van der Waals surface area contributed by atoms with E-state index >= 15 is 0 Å². The first kappa shape index (κ1) is 17.5. The van der Waals surface area contributed by atoms with Gasteiger partial charge in [-0.05, 0) is 31.2 Å². The van der Waals surface area contributed by atoms with Crippen LogP contribution in [0, 0.1) is 6.92 Å². The number of para-hydroxylation sites is 1. The first-order valence-corrected chi connectivity index (χ1v) is 8.63. The second kappa shape index (κ2) is 7.36. The lowest BCUT2D eigenvalue weighted by molar-refractivity contribution is 0.101. The molecule has 1 amide bonds. The number of nitrogens with zero attached hydrogens (tertiary/aromatic N) is 5. The molecule has 0 aliphatic heterocycles. The summed E-state index contributed by atoms with van der Waals surface area (Å²) in [6.45, 7) is 1.75. The van der Waals surface area contributed by atoms with Gasteiger partial charge in [0.05, 0.1) is 36.2 Å². The van der Waals surface area contributed by atoms with Crippen LogP contribution in [0.5, 0.6) is 5.75 Å². The lowest BCUT2D eigenvalue weighted by atomic mass is 10.2. The fourth-order valence-corrected chi connectivity index (χ4v) is 2.90. The molecule has 2 heterocycles. The van der Waals surface area contributed by atoms with Gasteiger partial charge in [0.1, 0.15) is 5.75 Å². The largest absolute Gasteiger partial charge is 0.494 e. The average Bonchev–Trinajstić information content (AvgIpc) is 3.39. The minimum absolute atomic E-state index is 0.319. The van der Waals surface area contributed by atoms with E-state index in [0.717, 1.165) is 11.4 Å². The summed E-state index contributed by atoms with van der Waals surface area (Å²) in [6.07, 6.45) is 5.23. The van der Waals surface area contributed by atoms with E-state index in [1.165, 1.54) is 4.68 Å². The Bertz CT molecular complexity index is 1100. The SMILES string of the molecule is COc1cc(-n2ccnc2)ccc1NC(=O)c1c(C)nnn1-c1ccccc1. The molecule has 8 heteroatoms. The van der Waals surface area contributed by atoms with E-state index in [2.05, 4.69) is 20.6 Å². The van der Waals surface area contributed by atoms with Crippen molar-refractivity contribution in [2.24, 2.45) is 0 Å². The quantitative estimate of drug-likeness (QED) is 0.580. The molecule has 2 aromatic heterocycles. The molecule has 0 aliphatic carbocycles. The first-order chi connectivity index (χ1) is 13.7. The summed E-state index contributed by atoms with van der Waals surface area (Å²) in [4.78, 5) is 17.0. The fraction of sp³-hybridized carbons (Fsp3) is 0.100. The maximum Gasteiger partial charge on any atom is 0.276 e. The lowest BCUT2D eigenvalue weighted by Gasteiger charge is -2.13. The van der Waals surface area contributed by atoms with Crippen molar-refractivity contribution in [3.05, 3.63) is 78.6 Å². The van der Waals surface area contributed by atoms with Gasteiger partial charge in [0.25, 0.3) is 5.91 Å². The van der Waals surface area contributed by atoms with Crippen LogP contribution in [0.25, 0.3) is 11.4 Å². The molecule has 4 aromatic rings. The smallest absolute Gasteiger partial charge is 0.276 e. The number of methoxy groups -OCH3 is 1. The zero-order valence-corrected chi connectivity index (χ0v) is 15.4. The van der Waals surface area contributed by atoms with Crippen molar-refractivity contribution < 1.29 is 9.53 Å². The highest BCUT2D eigenvalue weighted by Gasteiger charge is 2.20. The molecular weight excluding hydrogens is 356 g/mol. The highest BCUT2D eigenvalue weighted by molar-refractivity contribution is 6.05. The molecule has 0 aliphatic rings. The maximum absolute atomic E-state index is 13.0. The van der Waals surface area contributed by atoms with Gasteiger partial charge in [0.15, 0.2) is 5.69 Å². The van der Waals surface area contributed by atoms with Crippen LogP contribution in [0.1, 0.15) is 16.2 Å². The highest BCUT2D eigenvalue weighted by Crippen LogP contribution is 2.28. The van der Waals surface area contributed by atoms with Crippen molar-refractivity contribution in [1.29, 1.82) is 0 Å². The number of carbonyl (C=O) groups excluding carboxylic acids is 1. The number of aryl methyl sites for hydroxylation is 1. The third-order valence-electron chi connectivity index (χ3n) is 4.29. The van der Waals surface area contributed by atoms with E-state index in [0.29, 0.717) is 22.8 Å². The zero-order valence-electron chi connectivity index (χ0n) is 15.4. The van der Waals surface area contributed by atoms with E-state index in [1.54, 1.807) is 32.6 Å². The minimum atomic E-state index is -0.319. The molecule has 0 fully saturated rings. The van der Waals surface area contributed by atoms with Crippen LogP contribution in [-0.4, -0.2) is 37.6 Å². The average molecular weight is 374 g/mol. The topological polar surface area (TPSA) is 86.9 Å². The second-order valence-electron chi connectivity index (χ2n) is 6.08. The van der Waals surface area contributed by atoms with Crippen molar-refractivity contribution in [1.82, 2.24) is 24.5 Å². The maximum atomic E-state index is 13.0. The van der Waals surface area contributed by atoms with Gasteiger partial charge in [-0.25, -0.2) is 9.67 Å².